The fraction of sp³-hybridized carbons (Fsp3) is 0.409. The van der Waals surface area contributed by atoms with Crippen LogP contribution >= 0.6 is 0 Å². The molecule has 0 bridgehead atoms. The van der Waals surface area contributed by atoms with Gasteiger partial charge in [-0.1, -0.05) is 18.2 Å². The lowest BCUT2D eigenvalue weighted by atomic mass is 9.94. The Balaban J connectivity index is 1.67. The number of hydrogen-bond donors (Lipinski definition) is 2. The van der Waals surface area contributed by atoms with Gasteiger partial charge in [-0.05, 0) is 61.5 Å². The van der Waals surface area contributed by atoms with Gasteiger partial charge in [-0.3, -0.25) is 10.3 Å². The largest absolute Gasteiger partial charge is 0.465 e. The van der Waals surface area contributed by atoms with E-state index in [1.54, 1.807) is 6.92 Å². The maximum atomic E-state index is 14.7. The number of allylic oxidation sites excluding steroid dienone is 5. The molecule has 1 aliphatic carbocycles. The lowest BCUT2D eigenvalue weighted by molar-refractivity contribution is 0.0195. The number of carbonyl (C=O) groups is 1. The second-order valence-corrected chi connectivity index (χ2v) is 9.87. The van der Waals surface area contributed by atoms with Crippen LogP contribution in [0.2, 0.25) is 0 Å². The highest BCUT2D eigenvalue weighted by molar-refractivity contribution is 7.90. The van der Waals surface area contributed by atoms with Crippen LogP contribution in [0.1, 0.15) is 31.7 Å². The van der Waals surface area contributed by atoms with Gasteiger partial charge in [-0.2, -0.15) is 0 Å². The number of carboxylic acid groups (broad SMARTS) is 1. The van der Waals surface area contributed by atoms with Crippen molar-refractivity contribution in [2.45, 2.75) is 31.1 Å². The fourth-order valence-corrected chi connectivity index (χ4v) is 4.37. The maximum absolute atomic E-state index is 14.7. The van der Waals surface area contributed by atoms with Crippen LogP contribution in [-0.2, 0) is 14.7 Å². The summed E-state index contributed by atoms with van der Waals surface area (Å²) < 4.78 is 38.0. The van der Waals surface area contributed by atoms with Crippen LogP contribution in [0.4, 0.5) is 9.18 Å². The van der Waals surface area contributed by atoms with Gasteiger partial charge in [0.15, 0.2) is 9.84 Å². The van der Waals surface area contributed by atoms with Crippen LogP contribution in [-0.4, -0.2) is 50.5 Å². The molecule has 9 heteroatoms. The highest BCUT2D eigenvalue weighted by Gasteiger charge is 2.23. The first-order chi connectivity index (χ1) is 14.7. The number of piperidine rings is 1. The summed E-state index contributed by atoms with van der Waals surface area (Å²) in [6.07, 6.45) is 7.91. The van der Waals surface area contributed by atoms with Crippen molar-refractivity contribution in [3.8, 4) is 0 Å². The van der Waals surface area contributed by atoms with Gasteiger partial charge in [0.05, 0.1) is 17.2 Å². The maximum Gasteiger partial charge on any atom is 0.407 e. The second-order valence-electron chi connectivity index (χ2n) is 7.86. The van der Waals surface area contributed by atoms with Gasteiger partial charge in [-0.25, -0.2) is 17.6 Å². The molecule has 0 unspecified atom stereocenters. The smallest absolute Gasteiger partial charge is 0.407 e. The molecule has 0 spiro atoms. The Labute approximate surface area is 181 Å². The number of hydroxylamine groups is 1. The molecule has 0 radical (unpaired) electrons. The molecule has 0 saturated carbocycles. The topological polar surface area (TPSA) is 95.9 Å². The number of benzene rings is 1. The minimum Gasteiger partial charge on any atom is -0.465 e. The highest BCUT2D eigenvalue weighted by Crippen LogP contribution is 2.30. The standard InChI is InChI=1S/C22H27FN2O5S/c1-15(18-8-7-17(13-20(18)23)31(2,28)29)19-5-3-4-6-21(19)24-30-14-16-9-11-25(12-10-16)22(26)27/h3-4,6-8,13,16,24H,5,9-12,14H2,1-2H3,(H,26,27). The molecule has 7 nitrogen and oxygen atoms in total. The summed E-state index contributed by atoms with van der Waals surface area (Å²) in [5.41, 5.74) is 5.57. The summed E-state index contributed by atoms with van der Waals surface area (Å²) in [5.74, 6) is -0.328. The van der Waals surface area contributed by atoms with Crippen molar-refractivity contribution in [3.05, 3.63) is 59.1 Å². The molecule has 0 atom stereocenters. The number of nitrogens with zero attached hydrogens (tertiary/aromatic N) is 1. The number of hydrogen-bond acceptors (Lipinski definition) is 5. The number of halogens is 1. The molecule has 1 aliphatic heterocycles. The van der Waals surface area contributed by atoms with E-state index >= 15 is 0 Å². The molecule has 1 fully saturated rings. The van der Waals surface area contributed by atoms with Gasteiger partial charge < -0.3 is 10.0 Å². The van der Waals surface area contributed by atoms with E-state index in [1.807, 2.05) is 18.2 Å². The van der Waals surface area contributed by atoms with E-state index in [0.717, 1.165) is 36.4 Å². The van der Waals surface area contributed by atoms with Crippen molar-refractivity contribution in [2.24, 2.45) is 5.92 Å². The molecule has 168 valence electrons. The molecule has 0 aromatic heterocycles. The van der Waals surface area contributed by atoms with Crippen LogP contribution in [0.5, 0.6) is 0 Å². The molecule has 1 aromatic rings. The molecule has 1 heterocycles. The van der Waals surface area contributed by atoms with E-state index in [0.29, 0.717) is 37.3 Å². The number of sulfone groups is 1. The predicted molar refractivity (Wildman–Crippen MR) is 115 cm³/mol. The molecule has 3 rings (SSSR count). The van der Waals surface area contributed by atoms with Gasteiger partial charge in [0.25, 0.3) is 0 Å². The van der Waals surface area contributed by atoms with Crippen LogP contribution < -0.4 is 5.48 Å². The first-order valence-electron chi connectivity index (χ1n) is 10.1. The van der Waals surface area contributed by atoms with Gasteiger partial charge in [0.1, 0.15) is 5.82 Å². The zero-order chi connectivity index (χ0) is 22.6. The molecule has 1 amide bonds. The zero-order valence-corrected chi connectivity index (χ0v) is 18.4. The minimum atomic E-state index is -3.48. The van der Waals surface area contributed by atoms with E-state index in [2.05, 4.69) is 5.48 Å². The van der Waals surface area contributed by atoms with Crippen molar-refractivity contribution in [1.29, 1.82) is 0 Å². The zero-order valence-electron chi connectivity index (χ0n) is 17.6. The Hall–Kier alpha value is -2.65. The van der Waals surface area contributed by atoms with Gasteiger partial charge >= 0.3 is 6.09 Å². The van der Waals surface area contributed by atoms with Crippen LogP contribution in [0.3, 0.4) is 0 Å². The predicted octanol–water partition coefficient (Wildman–Crippen LogP) is 3.76. The summed E-state index contributed by atoms with van der Waals surface area (Å²) in [6.45, 7) is 3.24. The number of nitrogens with one attached hydrogen (secondary N) is 1. The van der Waals surface area contributed by atoms with E-state index in [-0.39, 0.29) is 10.8 Å². The van der Waals surface area contributed by atoms with E-state index in [9.17, 15) is 17.6 Å². The normalized spacial score (nSPS) is 19.2. The third-order valence-corrected chi connectivity index (χ3v) is 6.77. The van der Waals surface area contributed by atoms with Crippen molar-refractivity contribution >= 4 is 21.5 Å². The van der Waals surface area contributed by atoms with Gasteiger partial charge in [0, 0.05) is 24.9 Å². The third-order valence-electron chi connectivity index (χ3n) is 5.66. The number of amides is 1. The van der Waals surface area contributed by atoms with Gasteiger partial charge in [-0.15, -0.1) is 0 Å². The monoisotopic (exact) mass is 450 g/mol. The van der Waals surface area contributed by atoms with Crippen LogP contribution in [0.25, 0.3) is 5.57 Å². The van der Waals surface area contributed by atoms with Crippen LogP contribution in [0.15, 0.2) is 52.6 Å². The first kappa shape index (κ1) is 23.0. The average Bonchev–Trinajstić information content (AvgIpc) is 2.73. The van der Waals surface area contributed by atoms with Gasteiger partial charge in [0.2, 0.25) is 0 Å². The summed E-state index contributed by atoms with van der Waals surface area (Å²) in [6, 6.07) is 3.94. The molecule has 1 saturated heterocycles. The Morgan fingerprint density at radius 2 is 2.03 bits per heavy atom. The summed E-state index contributed by atoms with van der Waals surface area (Å²) in [7, 11) is -3.48. The molecular weight excluding hydrogens is 423 g/mol. The number of likely N-dealkylation sites (tertiary alicyclic amines) is 1. The summed E-state index contributed by atoms with van der Waals surface area (Å²) >= 11 is 0. The molecule has 2 N–H and O–H groups in total. The highest BCUT2D eigenvalue weighted by atomic mass is 32.2. The molecular formula is C22H27FN2O5S. The Bertz CT molecular complexity index is 1040. The third kappa shape index (κ3) is 5.74. The van der Waals surface area contributed by atoms with Crippen molar-refractivity contribution in [1.82, 2.24) is 10.4 Å². The summed E-state index contributed by atoms with van der Waals surface area (Å²) in [5, 5.41) is 9.03. The number of rotatable bonds is 6. The molecule has 31 heavy (non-hydrogen) atoms. The first-order valence-corrected chi connectivity index (χ1v) is 12.0. The molecule has 1 aromatic carbocycles. The molecule has 2 aliphatic rings. The lowest BCUT2D eigenvalue weighted by Crippen LogP contribution is -2.39. The second kappa shape index (κ2) is 9.65. The van der Waals surface area contributed by atoms with E-state index in [4.69, 9.17) is 9.94 Å². The fourth-order valence-electron chi connectivity index (χ4n) is 3.73. The Kier molecular flexibility index (Phi) is 7.17. The van der Waals surface area contributed by atoms with Crippen LogP contribution in [0, 0.1) is 11.7 Å². The lowest BCUT2D eigenvalue weighted by Gasteiger charge is -2.30. The van der Waals surface area contributed by atoms with Crippen molar-refractivity contribution in [3.63, 3.8) is 0 Å². The Morgan fingerprint density at radius 3 is 2.65 bits per heavy atom. The van der Waals surface area contributed by atoms with E-state index < -0.39 is 21.7 Å². The Morgan fingerprint density at radius 1 is 1.32 bits per heavy atom. The summed E-state index contributed by atoms with van der Waals surface area (Å²) in [4.78, 5) is 18.0. The van der Waals surface area contributed by atoms with Crippen molar-refractivity contribution in [2.75, 3.05) is 26.0 Å². The SMILES string of the molecule is CC(=C1CC=CC=C1NOCC1CCN(C(=O)O)CC1)c1ccc(S(C)(=O)=O)cc1F. The minimum absolute atomic E-state index is 0.0544. The average molecular weight is 451 g/mol. The van der Waals surface area contributed by atoms with Crippen molar-refractivity contribution < 1.29 is 27.5 Å². The van der Waals surface area contributed by atoms with E-state index in [1.165, 1.54) is 17.0 Å². The quantitative estimate of drug-likeness (QED) is 0.641.